The minimum absolute atomic E-state index is 0.0263. The van der Waals surface area contributed by atoms with Crippen LogP contribution in [0.2, 0.25) is 0 Å². The normalized spacial score (nSPS) is 24.3. The van der Waals surface area contributed by atoms with Crippen LogP contribution in [0.5, 0.6) is 0 Å². The maximum Gasteiger partial charge on any atom is 0.241 e. The summed E-state index contributed by atoms with van der Waals surface area (Å²) in [6.07, 6.45) is 0.278. The third-order valence-corrected chi connectivity index (χ3v) is 2.75. The van der Waals surface area contributed by atoms with Gasteiger partial charge in [0.25, 0.3) is 0 Å². The Bertz CT molecular complexity index is 237. The number of β-amino-alcohol motifs (C(OH)–C–C–N with tert-alkyl or cyclic N) is 1. The van der Waals surface area contributed by atoms with Crippen molar-refractivity contribution in [3.63, 3.8) is 0 Å². The molecule has 0 aromatic heterocycles. The van der Waals surface area contributed by atoms with Crippen molar-refractivity contribution in [3.8, 4) is 0 Å². The molecule has 1 aliphatic rings. The van der Waals surface area contributed by atoms with Gasteiger partial charge in [-0.1, -0.05) is 20.8 Å². The van der Waals surface area contributed by atoms with E-state index in [9.17, 15) is 9.90 Å². The summed E-state index contributed by atoms with van der Waals surface area (Å²) in [5, 5.41) is 9.36. The molecule has 2 atom stereocenters. The first kappa shape index (κ1) is 12.4. The highest BCUT2D eigenvalue weighted by molar-refractivity contribution is 5.83. The van der Waals surface area contributed by atoms with E-state index in [0.717, 1.165) is 0 Å². The molecule has 1 fully saturated rings. The fourth-order valence-corrected chi connectivity index (χ4v) is 1.82. The fraction of sp³-hybridized carbons (Fsp3) is 0.900. The lowest BCUT2D eigenvalue weighted by molar-refractivity contribution is -0.135. The van der Waals surface area contributed by atoms with Gasteiger partial charge in [-0.25, -0.2) is 5.43 Å². The molecule has 1 amide bonds. The summed E-state index contributed by atoms with van der Waals surface area (Å²) in [7, 11) is 0. The van der Waals surface area contributed by atoms with E-state index in [-0.39, 0.29) is 17.4 Å². The largest absolute Gasteiger partial charge is 0.391 e. The summed E-state index contributed by atoms with van der Waals surface area (Å²) in [6, 6.07) is -0.400. The molecule has 2 unspecified atom stereocenters. The average molecular weight is 215 g/mol. The van der Waals surface area contributed by atoms with Crippen LogP contribution in [0.15, 0.2) is 0 Å². The summed E-state index contributed by atoms with van der Waals surface area (Å²) < 4.78 is 0. The summed E-state index contributed by atoms with van der Waals surface area (Å²) in [5.41, 5.74) is 2.34. The standard InChI is InChI=1S/C10H21N3O2/c1-10(2,3)8(12-11)9(15)13-5-4-7(14)6-13/h7-8,12,14H,4-6,11H2,1-3H3. The summed E-state index contributed by atoms with van der Waals surface area (Å²) in [4.78, 5) is 13.7. The zero-order valence-electron chi connectivity index (χ0n) is 9.66. The molecule has 0 aromatic carbocycles. The van der Waals surface area contributed by atoms with Gasteiger partial charge in [0.2, 0.25) is 5.91 Å². The van der Waals surface area contributed by atoms with Crippen molar-refractivity contribution in [1.29, 1.82) is 0 Å². The number of nitrogens with one attached hydrogen (secondary N) is 1. The van der Waals surface area contributed by atoms with Gasteiger partial charge in [-0.3, -0.25) is 10.6 Å². The van der Waals surface area contributed by atoms with Crippen LogP contribution in [-0.4, -0.2) is 41.1 Å². The van der Waals surface area contributed by atoms with Crippen LogP contribution in [-0.2, 0) is 4.79 Å². The highest BCUT2D eigenvalue weighted by atomic mass is 16.3. The van der Waals surface area contributed by atoms with Crippen molar-refractivity contribution in [2.24, 2.45) is 11.3 Å². The lowest BCUT2D eigenvalue weighted by Gasteiger charge is -2.32. The number of likely N-dealkylation sites (tertiary alicyclic amines) is 1. The predicted molar refractivity (Wildman–Crippen MR) is 57.8 cm³/mol. The smallest absolute Gasteiger partial charge is 0.241 e. The van der Waals surface area contributed by atoms with E-state index >= 15 is 0 Å². The van der Waals surface area contributed by atoms with E-state index in [2.05, 4.69) is 5.43 Å². The van der Waals surface area contributed by atoms with Crippen molar-refractivity contribution in [1.82, 2.24) is 10.3 Å². The molecular formula is C10H21N3O2. The van der Waals surface area contributed by atoms with Crippen LogP contribution >= 0.6 is 0 Å². The summed E-state index contributed by atoms with van der Waals surface area (Å²) >= 11 is 0. The zero-order chi connectivity index (χ0) is 11.6. The Hall–Kier alpha value is -0.650. The lowest BCUT2D eigenvalue weighted by Crippen LogP contribution is -2.55. The number of hydrogen-bond acceptors (Lipinski definition) is 4. The number of hydrogen-bond donors (Lipinski definition) is 3. The predicted octanol–water partition coefficient (Wildman–Crippen LogP) is -0.542. The van der Waals surface area contributed by atoms with Crippen molar-refractivity contribution < 1.29 is 9.90 Å². The molecule has 0 spiro atoms. The zero-order valence-corrected chi connectivity index (χ0v) is 9.66. The topological polar surface area (TPSA) is 78.6 Å². The molecule has 1 saturated heterocycles. The Morgan fingerprint density at radius 3 is 2.53 bits per heavy atom. The number of aliphatic hydroxyl groups excluding tert-OH is 1. The molecule has 5 nitrogen and oxygen atoms in total. The fourth-order valence-electron chi connectivity index (χ4n) is 1.82. The Morgan fingerprint density at radius 2 is 2.20 bits per heavy atom. The van der Waals surface area contributed by atoms with E-state index in [1.54, 1.807) is 4.90 Å². The lowest BCUT2D eigenvalue weighted by atomic mass is 9.86. The minimum Gasteiger partial charge on any atom is -0.391 e. The van der Waals surface area contributed by atoms with Crippen LogP contribution in [0.25, 0.3) is 0 Å². The van der Waals surface area contributed by atoms with E-state index in [1.165, 1.54) is 0 Å². The second kappa shape index (κ2) is 4.47. The number of aliphatic hydroxyl groups is 1. The summed E-state index contributed by atoms with van der Waals surface area (Å²) in [5.74, 6) is 5.38. The molecule has 4 N–H and O–H groups in total. The second-order valence-corrected chi connectivity index (χ2v) is 5.19. The first-order chi connectivity index (χ1) is 6.86. The number of carbonyl (C=O) groups excluding carboxylic acids is 1. The van der Waals surface area contributed by atoms with Crippen LogP contribution in [0.4, 0.5) is 0 Å². The van der Waals surface area contributed by atoms with Gasteiger partial charge < -0.3 is 10.0 Å². The van der Waals surface area contributed by atoms with Gasteiger partial charge in [0.15, 0.2) is 0 Å². The van der Waals surface area contributed by atoms with Crippen LogP contribution < -0.4 is 11.3 Å². The monoisotopic (exact) mass is 215 g/mol. The first-order valence-corrected chi connectivity index (χ1v) is 5.29. The number of nitrogens with two attached hydrogens (primary N) is 1. The second-order valence-electron chi connectivity index (χ2n) is 5.19. The van der Waals surface area contributed by atoms with Gasteiger partial charge >= 0.3 is 0 Å². The SMILES string of the molecule is CC(C)(C)C(NN)C(=O)N1CCC(O)C1. The highest BCUT2D eigenvalue weighted by Gasteiger charge is 2.35. The maximum atomic E-state index is 12.0. The molecule has 0 aliphatic carbocycles. The molecule has 5 heteroatoms. The first-order valence-electron chi connectivity index (χ1n) is 5.29. The number of amides is 1. The molecule has 0 saturated carbocycles. The number of hydrazine groups is 1. The van der Waals surface area contributed by atoms with E-state index < -0.39 is 6.04 Å². The molecule has 0 radical (unpaired) electrons. The molecule has 1 aliphatic heterocycles. The third-order valence-electron chi connectivity index (χ3n) is 2.75. The molecule has 0 aromatic rings. The number of rotatable bonds is 2. The highest BCUT2D eigenvalue weighted by Crippen LogP contribution is 2.22. The molecular weight excluding hydrogens is 194 g/mol. The van der Waals surface area contributed by atoms with Crippen LogP contribution in [0.1, 0.15) is 27.2 Å². The average Bonchev–Trinajstić information content (AvgIpc) is 2.50. The summed E-state index contributed by atoms with van der Waals surface area (Å²) in [6.45, 7) is 6.92. The molecule has 15 heavy (non-hydrogen) atoms. The van der Waals surface area contributed by atoms with E-state index in [1.807, 2.05) is 20.8 Å². The van der Waals surface area contributed by atoms with Crippen molar-refractivity contribution in [2.45, 2.75) is 39.3 Å². The molecule has 0 bridgehead atoms. The Labute approximate surface area is 90.6 Å². The number of nitrogens with zero attached hydrogens (tertiary/aromatic N) is 1. The van der Waals surface area contributed by atoms with Gasteiger partial charge in [0, 0.05) is 13.1 Å². The Morgan fingerprint density at radius 1 is 1.60 bits per heavy atom. The van der Waals surface area contributed by atoms with E-state index in [0.29, 0.717) is 19.5 Å². The third kappa shape index (κ3) is 2.90. The molecule has 88 valence electrons. The molecule has 1 heterocycles. The maximum absolute atomic E-state index is 12.0. The van der Waals surface area contributed by atoms with Crippen LogP contribution in [0, 0.1) is 5.41 Å². The Kier molecular flexibility index (Phi) is 3.70. The Balaban J connectivity index is 2.66. The van der Waals surface area contributed by atoms with Gasteiger partial charge in [-0.2, -0.15) is 0 Å². The van der Waals surface area contributed by atoms with E-state index in [4.69, 9.17) is 5.84 Å². The minimum atomic E-state index is -0.400. The van der Waals surface area contributed by atoms with Crippen molar-refractivity contribution in [3.05, 3.63) is 0 Å². The van der Waals surface area contributed by atoms with Crippen molar-refractivity contribution in [2.75, 3.05) is 13.1 Å². The van der Waals surface area contributed by atoms with Gasteiger partial charge in [-0.05, 0) is 11.8 Å². The molecule has 1 rings (SSSR count). The van der Waals surface area contributed by atoms with Crippen molar-refractivity contribution >= 4 is 5.91 Å². The van der Waals surface area contributed by atoms with Crippen LogP contribution in [0.3, 0.4) is 0 Å². The quantitative estimate of drug-likeness (QED) is 0.427. The van der Waals surface area contributed by atoms with Gasteiger partial charge in [-0.15, -0.1) is 0 Å². The number of carbonyl (C=O) groups is 1. The van der Waals surface area contributed by atoms with Gasteiger partial charge in [0.1, 0.15) is 6.04 Å². The van der Waals surface area contributed by atoms with Gasteiger partial charge in [0.05, 0.1) is 6.10 Å².